The van der Waals surface area contributed by atoms with Gasteiger partial charge >= 0.3 is 0 Å². The Bertz CT molecular complexity index is 512. The standard InChI is InChI=1S/C15H14N2S/c1-12-16-17-15(18-12,13-8-4-2-5-9-13)14-10-6-3-7-11-14/h2-12H,1H3. The van der Waals surface area contributed by atoms with Crippen LogP contribution in [-0.2, 0) is 4.87 Å². The van der Waals surface area contributed by atoms with Crippen molar-refractivity contribution in [1.29, 1.82) is 0 Å². The van der Waals surface area contributed by atoms with Crippen LogP contribution in [-0.4, -0.2) is 5.37 Å². The van der Waals surface area contributed by atoms with E-state index >= 15 is 0 Å². The minimum atomic E-state index is -0.373. The van der Waals surface area contributed by atoms with E-state index in [0.29, 0.717) is 0 Å². The molecule has 1 aliphatic rings. The van der Waals surface area contributed by atoms with Gasteiger partial charge in [-0.2, -0.15) is 10.2 Å². The zero-order valence-electron chi connectivity index (χ0n) is 10.2. The van der Waals surface area contributed by atoms with Crippen LogP contribution in [0.4, 0.5) is 0 Å². The van der Waals surface area contributed by atoms with Crippen LogP contribution in [0.2, 0.25) is 0 Å². The number of hydrogen-bond donors (Lipinski definition) is 0. The Morgan fingerprint density at radius 2 is 1.39 bits per heavy atom. The van der Waals surface area contributed by atoms with E-state index in [1.807, 2.05) is 12.1 Å². The van der Waals surface area contributed by atoms with E-state index in [2.05, 4.69) is 65.7 Å². The Labute approximate surface area is 111 Å². The highest BCUT2D eigenvalue weighted by Crippen LogP contribution is 2.50. The molecule has 0 aliphatic carbocycles. The highest BCUT2D eigenvalue weighted by Gasteiger charge is 2.40. The second-order valence-electron chi connectivity index (χ2n) is 4.31. The third-order valence-corrected chi connectivity index (χ3v) is 4.36. The summed E-state index contributed by atoms with van der Waals surface area (Å²) < 4.78 is 0. The maximum absolute atomic E-state index is 4.58. The summed E-state index contributed by atoms with van der Waals surface area (Å²) in [5.41, 5.74) is 2.38. The molecule has 0 N–H and O–H groups in total. The van der Waals surface area contributed by atoms with Crippen molar-refractivity contribution in [2.45, 2.75) is 17.2 Å². The van der Waals surface area contributed by atoms with E-state index in [9.17, 15) is 0 Å². The molecule has 0 bridgehead atoms. The molecule has 0 radical (unpaired) electrons. The maximum atomic E-state index is 4.58. The molecule has 1 heterocycles. The van der Waals surface area contributed by atoms with E-state index in [0.717, 1.165) is 0 Å². The number of nitrogens with zero attached hydrogens (tertiary/aromatic N) is 2. The van der Waals surface area contributed by atoms with Gasteiger partial charge in [0.25, 0.3) is 0 Å². The molecule has 0 aromatic heterocycles. The average Bonchev–Trinajstić information content (AvgIpc) is 2.84. The number of thioether (sulfide) groups is 1. The number of rotatable bonds is 2. The van der Waals surface area contributed by atoms with Gasteiger partial charge < -0.3 is 0 Å². The molecule has 1 unspecified atom stereocenters. The Balaban J connectivity index is 2.15. The predicted octanol–water partition coefficient (Wildman–Crippen LogP) is 4.43. The van der Waals surface area contributed by atoms with E-state index < -0.39 is 0 Å². The Morgan fingerprint density at radius 1 is 0.889 bits per heavy atom. The molecule has 0 saturated carbocycles. The van der Waals surface area contributed by atoms with Crippen molar-refractivity contribution in [2.24, 2.45) is 10.2 Å². The lowest BCUT2D eigenvalue weighted by molar-refractivity contribution is 0.747. The Hall–Kier alpha value is -1.61. The molecular weight excluding hydrogens is 240 g/mol. The fourth-order valence-corrected chi connectivity index (χ4v) is 3.43. The molecule has 2 nitrogen and oxygen atoms in total. The number of hydrogen-bond acceptors (Lipinski definition) is 3. The maximum Gasteiger partial charge on any atom is 0.179 e. The minimum absolute atomic E-state index is 0.199. The van der Waals surface area contributed by atoms with Crippen molar-refractivity contribution in [3.8, 4) is 0 Å². The SMILES string of the molecule is CC1N=NC(c2ccccc2)(c2ccccc2)S1. The lowest BCUT2D eigenvalue weighted by Gasteiger charge is -2.25. The van der Waals surface area contributed by atoms with Gasteiger partial charge in [0.15, 0.2) is 4.87 Å². The van der Waals surface area contributed by atoms with Gasteiger partial charge in [0.2, 0.25) is 0 Å². The van der Waals surface area contributed by atoms with Crippen LogP contribution in [0.5, 0.6) is 0 Å². The summed E-state index contributed by atoms with van der Waals surface area (Å²) in [5, 5.41) is 9.11. The normalized spacial score (nSPS) is 21.1. The van der Waals surface area contributed by atoms with Gasteiger partial charge in [0.1, 0.15) is 5.37 Å². The van der Waals surface area contributed by atoms with Gasteiger partial charge in [-0.05, 0) is 18.1 Å². The van der Waals surface area contributed by atoms with Crippen molar-refractivity contribution >= 4 is 11.8 Å². The van der Waals surface area contributed by atoms with Crippen LogP contribution >= 0.6 is 11.8 Å². The van der Waals surface area contributed by atoms with Crippen molar-refractivity contribution < 1.29 is 0 Å². The molecule has 3 heteroatoms. The van der Waals surface area contributed by atoms with Gasteiger partial charge in [-0.15, -0.1) is 0 Å². The second kappa shape index (κ2) is 4.58. The monoisotopic (exact) mass is 254 g/mol. The first-order chi connectivity index (χ1) is 8.81. The summed E-state index contributed by atoms with van der Waals surface area (Å²) in [6.07, 6.45) is 0. The Kier molecular flexibility index (Phi) is 2.92. The molecule has 18 heavy (non-hydrogen) atoms. The molecule has 2 aromatic rings. The zero-order valence-corrected chi connectivity index (χ0v) is 11.0. The van der Waals surface area contributed by atoms with Gasteiger partial charge in [-0.1, -0.05) is 72.4 Å². The van der Waals surface area contributed by atoms with Gasteiger partial charge in [0, 0.05) is 0 Å². The number of azo groups is 1. The molecule has 0 saturated heterocycles. The van der Waals surface area contributed by atoms with Crippen LogP contribution in [0.1, 0.15) is 18.1 Å². The molecule has 0 spiro atoms. The minimum Gasteiger partial charge on any atom is -0.178 e. The molecule has 2 aromatic carbocycles. The smallest absolute Gasteiger partial charge is 0.178 e. The molecule has 90 valence electrons. The van der Waals surface area contributed by atoms with Crippen LogP contribution in [0.3, 0.4) is 0 Å². The van der Waals surface area contributed by atoms with Gasteiger partial charge in [0.05, 0.1) is 0 Å². The van der Waals surface area contributed by atoms with Crippen molar-refractivity contribution in [1.82, 2.24) is 0 Å². The lowest BCUT2D eigenvalue weighted by atomic mass is 9.99. The fraction of sp³-hybridized carbons (Fsp3) is 0.200. The van der Waals surface area contributed by atoms with Gasteiger partial charge in [-0.25, -0.2) is 0 Å². The largest absolute Gasteiger partial charge is 0.179 e. The van der Waals surface area contributed by atoms with Gasteiger partial charge in [-0.3, -0.25) is 0 Å². The highest BCUT2D eigenvalue weighted by molar-refractivity contribution is 8.01. The first-order valence-electron chi connectivity index (χ1n) is 6.02. The summed E-state index contributed by atoms with van der Waals surface area (Å²) in [5.74, 6) is 0. The second-order valence-corrected chi connectivity index (χ2v) is 5.82. The zero-order chi connectivity index (χ0) is 12.4. The predicted molar refractivity (Wildman–Crippen MR) is 75.6 cm³/mol. The van der Waals surface area contributed by atoms with Crippen LogP contribution < -0.4 is 0 Å². The molecule has 1 atom stereocenters. The first kappa shape index (κ1) is 11.5. The quantitative estimate of drug-likeness (QED) is 0.778. The summed E-state index contributed by atoms with van der Waals surface area (Å²) in [6, 6.07) is 20.8. The van der Waals surface area contributed by atoms with Crippen molar-refractivity contribution in [2.75, 3.05) is 0 Å². The van der Waals surface area contributed by atoms with Crippen molar-refractivity contribution in [3.05, 3.63) is 71.8 Å². The summed E-state index contributed by atoms with van der Waals surface area (Å²) in [6.45, 7) is 2.09. The van der Waals surface area contributed by atoms with E-state index in [-0.39, 0.29) is 10.2 Å². The average molecular weight is 254 g/mol. The Morgan fingerprint density at radius 3 is 1.78 bits per heavy atom. The van der Waals surface area contributed by atoms with E-state index in [1.54, 1.807) is 11.8 Å². The van der Waals surface area contributed by atoms with E-state index in [4.69, 9.17) is 0 Å². The lowest BCUT2D eigenvalue weighted by Crippen LogP contribution is -2.19. The molecule has 0 amide bonds. The summed E-state index contributed by atoms with van der Waals surface area (Å²) in [4.78, 5) is -0.373. The van der Waals surface area contributed by atoms with Crippen LogP contribution in [0.15, 0.2) is 70.9 Å². The first-order valence-corrected chi connectivity index (χ1v) is 6.90. The fourth-order valence-electron chi connectivity index (χ4n) is 2.20. The third-order valence-electron chi connectivity index (χ3n) is 3.03. The third kappa shape index (κ3) is 1.85. The summed E-state index contributed by atoms with van der Waals surface area (Å²) >= 11 is 1.79. The van der Waals surface area contributed by atoms with Crippen molar-refractivity contribution in [3.63, 3.8) is 0 Å². The highest BCUT2D eigenvalue weighted by atomic mass is 32.2. The van der Waals surface area contributed by atoms with E-state index in [1.165, 1.54) is 11.1 Å². The summed E-state index contributed by atoms with van der Waals surface area (Å²) in [7, 11) is 0. The molecule has 0 fully saturated rings. The molecular formula is C15H14N2S. The molecule has 1 aliphatic heterocycles. The van der Waals surface area contributed by atoms with Crippen LogP contribution in [0, 0.1) is 0 Å². The number of benzene rings is 2. The molecule has 3 rings (SSSR count). The van der Waals surface area contributed by atoms with Crippen LogP contribution in [0.25, 0.3) is 0 Å². The topological polar surface area (TPSA) is 24.7 Å².